The number of hydrogen-bond acceptors (Lipinski definition) is 2. The third-order valence-corrected chi connectivity index (χ3v) is 0.532. The molecule has 0 aliphatic rings. The van der Waals surface area contributed by atoms with Gasteiger partial charge in [0.2, 0.25) is 5.95 Å². The van der Waals surface area contributed by atoms with Crippen molar-refractivity contribution in [3.05, 3.63) is 24.5 Å². The maximum atomic E-state index is 11.7. The second-order valence-corrected chi connectivity index (χ2v) is 1.03. The minimum Gasteiger partial charge on any atom is -1.00 e. The molecule has 0 aliphatic carbocycles. The summed E-state index contributed by atoms with van der Waals surface area (Å²) in [6.45, 7) is 0. The fourth-order valence-electron chi connectivity index (χ4n) is 0.281. The summed E-state index contributed by atoms with van der Waals surface area (Å²) in [5.41, 5.74) is 0. The van der Waals surface area contributed by atoms with Gasteiger partial charge in [-0.25, -0.2) is 4.98 Å². The Bertz CT molecular complexity index is 148. The third kappa shape index (κ3) is 2.06. The van der Waals surface area contributed by atoms with E-state index in [1.807, 2.05) is 0 Å². The molecule has 38 valence electrons. The zero-order valence-electron chi connectivity index (χ0n) is 5.50. The van der Waals surface area contributed by atoms with E-state index in [4.69, 9.17) is 0 Å². The summed E-state index contributed by atoms with van der Waals surface area (Å²) < 4.78 is 11.7. The molecule has 8 heavy (non-hydrogen) atoms. The number of rotatable bonds is 0. The van der Waals surface area contributed by atoms with Crippen LogP contribution in [0.15, 0.2) is 18.6 Å². The summed E-state index contributed by atoms with van der Waals surface area (Å²) >= 11 is 0. The Kier molecular flexibility index (Phi) is 3.41. The zero-order valence-corrected chi connectivity index (χ0v) is 4.50. The standard InChI is InChI=1S/C4H3FN2.Li.H/c5-4-3-6-1-2-7-4;;/h1-3H;;/q;+1;-1. The molecule has 0 N–H and O–H groups in total. The summed E-state index contributed by atoms with van der Waals surface area (Å²) in [5, 5.41) is 0. The van der Waals surface area contributed by atoms with Gasteiger partial charge in [0, 0.05) is 12.4 Å². The van der Waals surface area contributed by atoms with Crippen LogP contribution >= 0.6 is 0 Å². The van der Waals surface area contributed by atoms with Crippen molar-refractivity contribution < 1.29 is 24.7 Å². The minimum atomic E-state index is -0.539. The summed E-state index contributed by atoms with van der Waals surface area (Å²) in [4.78, 5) is 6.70. The quantitative estimate of drug-likeness (QED) is 0.348. The topological polar surface area (TPSA) is 25.8 Å². The van der Waals surface area contributed by atoms with E-state index in [1.165, 1.54) is 12.4 Å². The van der Waals surface area contributed by atoms with Crippen LogP contribution in [0.4, 0.5) is 4.39 Å². The first-order valence-corrected chi connectivity index (χ1v) is 1.81. The molecule has 4 heteroatoms. The van der Waals surface area contributed by atoms with Gasteiger partial charge in [0.1, 0.15) is 0 Å². The Labute approximate surface area is 59.8 Å². The molecule has 0 bridgehead atoms. The molecule has 0 unspecified atom stereocenters. The number of halogens is 1. The van der Waals surface area contributed by atoms with Gasteiger partial charge in [0.15, 0.2) is 0 Å². The van der Waals surface area contributed by atoms with Crippen LogP contribution < -0.4 is 18.9 Å². The van der Waals surface area contributed by atoms with Gasteiger partial charge >= 0.3 is 18.9 Å². The Balaban J connectivity index is 0. The average molecular weight is 106 g/mol. The van der Waals surface area contributed by atoms with Crippen molar-refractivity contribution in [3.63, 3.8) is 0 Å². The molecule has 0 atom stereocenters. The maximum Gasteiger partial charge on any atom is 1.00 e. The SMILES string of the molecule is Fc1cnccn1.[H-].[Li+]. The van der Waals surface area contributed by atoms with Gasteiger partial charge in [-0.2, -0.15) is 4.39 Å². The first-order valence-electron chi connectivity index (χ1n) is 1.81. The van der Waals surface area contributed by atoms with E-state index in [0.717, 1.165) is 6.20 Å². The molecule has 0 amide bonds. The maximum absolute atomic E-state index is 11.7. The smallest absolute Gasteiger partial charge is 1.00 e. The van der Waals surface area contributed by atoms with E-state index in [1.54, 1.807) is 0 Å². The fraction of sp³-hybridized carbons (Fsp3) is 0. The van der Waals surface area contributed by atoms with Crippen molar-refractivity contribution in [1.82, 2.24) is 9.97 Å². The molecule has 1 heterocycles. The van der Waals surface area contributed by atoms with E-state index in [-0.39, 0.29) is 20.3 Å². The van der Waals surface area contributed by atoms with Crippen LogP contribution in [0.5, 0.6) is 0 Å². The number of hydrogen-bond donors (Lipinski definition) is 0. The van der Waals surface area contributed by atoms with Crippen LogP contribution in [0, 0.1) is 5.95 Å². The first-order chi connectivity index (χ1) is 3.39. The molecule has 0 aliphatic heterocycles. The summed E-state index contributed by atoms with van der Waals surface area (Å²) in [5.74, 6) is -0.539. The van der Waals surface area contributed by atoms with Crippen LogP contribution in [0.25, 0.3) is 0 Å². The molecule has 0 saturated carbocycles. The van der Waals surface area contributed by atoms with Crippen LogP contribution in [-0.4, -0.2) is 9.97 Å². The van der Waals surface area contributed by atoms with Gasteiger partial charge in [-0.15, -0.1) is 0 Å². The second-order valence-electron chi connectivity index (χ2n) is 1.03. The molecular formula is C4H4FLiN2. The molecule has 2 nitrogen and oxygen atoms in total. The van der Waals surface area contributed by atoms with Gasteiger partial charge in [0.25, 0.3) is 0 Å². The van der Waals surface area contributed by atoms with E-state index >= 15 is 0 Å². The molecule has 0 radical (unpaired) electrons. The van der Waals surface area contributed by atoms with Crippen LogP contribution in [0.2, 0.25) is 0 Å². The van der Waals surface area contributed by atoms with E-state index in [2.05, 4.69) is 9.97 Å². The Morgan fingerprint density at radius 1 is 1.50 bits per heavy atom. The first kappa shape index (κ1) is 7.61. The van der Waals surface area contributed by atoms with Gasteiger partial charge in [-0.05, 0) is 0 Å². The monoisotopic (exact) mass is 106 g/mol. The predicted molar refractivity (Wildman–Crippen MR) is 23.1 cm³/mol. The summed E-state index contributed by atoms with van der Waals surface area (Å²) in [6, 6.07) is 0. The normalized spacial score (nSPS) is 7.62. The molecule has 1 rings (SSSR count). The molecule has 1 aromatic heterocycles. The van der Waals surface area contributed by atoms with E-state index in [9.17, 15) is 4.39 Å². The molecule has 0 spiro atoms. The van der Waals surface area contributed by atoms with Crippen molar-refractivity contribution in [1.29, 1.82) is 0 Å². The summed E-state index contributed by atoms with van der Waals surface area (Å²) in [6.07, 6.45) is 3.78. The zero-order chi connectivity index (χ0) is 5.11. The third-order valence-electron chi connectivity index (χ3n) is 0.532. The van der Waals surface area contributed by atoms with Crippen molar-refractivity contribution in [2.45, 2.75) is 0 Å². The predicted octanol–water partition coefficient (Wildman–Crippen LogP) is -2.27. The Morgan fingerprint density at radius 2 is 2.25 bits per heavy atom. The van der Waals surface area contributed by atoms with Crippen molar-refractivity contribution in [2.75, 3.05) is 0 Å². The fourth-order valence-corrected chi connectivity index (χ4v) is 0.281. The molecule has 1 aromatic rings. The minimum absolute atomic E-state index is 0. The van der Waals surface area contributed by atoms with E-state index < -0.39 is 5.95 Å². The van der Waals surface area contributed by atoms with Gasteiger partial charge in [-0.1, -0.05) is 0 Å². The average Bonchev–Trinajstić information content (AvgIpc) is 1.69. The van der Waals surface area contributed by atoms with Crippen LogP contribution in [0.1, 0.15) is 1.43 Å². The van der Waals surface area contributed by atoms with E-state index in [0.29, 0.717) is 0 Å². The largest absolute Gasteiger partial charge is 1.00 e. The van der Waals surface area contributed by atoms with Crippen molar-refractivity contribution >= 4 is 0 Å². The molecule has 0 fully saturated rings. The van der Waals surface area contributed by atoms with Gasteiger partial charge in [-0.3, -0.25) is 4.98 Å². The Morgan fingerprint density at radius 3 is 2.50 bits per heavy atom. The Hall–Kier alpha value is -0.393. The molecule has 0 aromatic carbocycles. The van der Waals surface area contributed by atoms with Gasteiger partial charge in [0.05, 0.1) is 6.20 Å². The molecule has 0 saturated heterocycles. The number of aromatic nitrogens is 2. The number of nitrogens with zero attached hydrogens (tertiary/aromatic N) is 2. The molecular weight excluding hydrogens is 102 g/mol. The van der Waals surface area contributed by atoms with Crippen molar-refractivity contribution in [2.24, 2.45) is 0 Å². The second kappa shape index (κ2) is 3.59. The summed E-state index contributed by atoms with van der Waals surface area (Å²) in [7, 11) is 0. The van der Waals surface area contributed by atoms with Crippen molar-refractivity contribution in [3.8, 4) is 0 Å². The van der Waals surface area contributed by atoms with Gasteiger partial charge < -0.3 is 1.43 Å². The van der Waals surface area contributed by atoms with Crippen LogP contribution in [0.3, 0.4) is 0 Å². The van der Waals surface area contributed by atoms with Crippen LogP contribution in [-0.2, 0) is 0 Å².